The third-order valence-corrected chi connectivity index (χ3v) is 8.23. The molecule has 1 aromatic carbocycles. The third-order valence-electron chi connectivity index (χ3n) is 8.23. The largest absolute Gasteiger partial charge is 0.483 e. The molecular formula is C31H35FN8O5. The molecule has 0 atom stereocenters. The Kier molecular flexibility index (Phi) is 9.03. The van der Waals surface area contributed by atoms with E-state index in [1.165, 1.54) is 6.07 Å². The molecule has 0 radical (unpaired) electrons. The van der Waals surface area contributed by atoms with E-state index in [0.717, 1.165) is 61.6 Å². The molecule has 0 aliphatic carbocycles. The summed E-state index contributed by atoms with van der Waals surface area (Å²) in [6.07, 6.45) is 4.04. The van der Waals surface area contributed by atoms with Gasteiger partial charge in [-0.3, -0.25) is 19.2 Å². The number of rotatable bonds is 6. The maximum atomic E-state index is 15.3. The highest BCUT2D eigenvalue weighted by atomic mass is 19.1. The number of aromatic nitrogens is 4. The number of morpholine rings is 1. The molecule has 3 N–H and O–H groups in total. The van der Waals surface area contributed by atoms with Crippen LogP contribution in [0.2, 0.25) is 0 Å². The van der Waals surface area contributed by atoms with Crippen molar-refractivity contribution in [2.45, 2.75) is 19.9 Å². The van der Waals surface area contributed by atoms with E-state index in [0.29, 0.717) is 60.3 Å². The molecule has 1 saturated heterocycles. The van der Waals surface area contributed by atoms with Crippen LogP contribution in [0.5, 0.6) is 5.88 Å². The second-order valence-corrected chi connectivity index (χ2v) is 11.0. The summed E-state index contributed by atoms with van der Waals surface area (Å²) in [7, 11) is 0. The Bertz CT molecular complexity index is 1710. The Morgan fingerprint density at radius 1 is 1.02 bits per heavy atom. The monoisotopic (exact) mass is 618 g/mol. The summed E-state index contributed by atoms with van der Waals surface area (Å²) < 4.78 is 28.1. The van der Waals surface area contributed by atoms with Gasteiger partial charge in [0.1, 0.15) is 30.5 Å². The molecule has 0 spiro atoms. The van der Waals surface area contributed by atoms with E-state index >= 15 is 4.39 Å². The molecule has 0 saturated carbocycles. The number of anilines is 3. The summed E-state index contributed by atoms with van der Waals surface area (Å²) in [5, 5.41) is 19.7. The number of ether oxygens (including phenoxy) is 2. The van der Waals surface area contributed by atoms with Crippen LogP contribution in [0, 0.1) is 12.7 Å². The van der Waals surface area contributed by atoms with E-state index in [1.807, 2.05) is 30.0 Å². The van der Waals surface area contributed by atoms with Gasteiger partial charge >= 0.3 is 0 Å². The quantitative estimate of drug-likeness (QED) is 0.274. The fourth-order valence-electron chi connectivity index (χ4n) is 5.84. The molecule has 1 amide bonds. The highest BCUT2D eigenvalue weighted by Crippen LogP contribution is 2.37. The number of hydrogen-bond acceptors (Lipinski definition) is 10. The van der Waals surface area contributed by atoms with Gasteiger partial charge in [-0.1, -0.05) is 0 Å². The summed E-state index contributed by atoms with van der Waals surface area (Å²) in [5.74, 6) is 1.48. The minimum atomic E-state index is -0.340. The van der Waals surface area contributed by atoms with Crippen LogP contribution in [0.1, 0.15) is 11.3 Å². The Hall–Kier alpha value is -4.82. The number of carboxylic acid groups (broad SMARTS) is 1. The molecule has 7 rings (SSSR count). The number of pyridine rings is 2. The predicted octanol–water partition coefficient (Wildman–Crippen LogP) is 2.91. The lowest BCUT2D eigenvalue weighted by Gasteiger charge is -2.29. The Morgan fingerprint density at radius 2 is 1.84 bits per heavy atom. The van der Waals surface area contributed by atoms with Gasteiger partial charge in [0, 0.05) is 86.4 Å². The summed E-state index contributed by atoms with van der Waals surface area (Å²) in [4.78, 5) is 34.5. The van der Waals surface area contributed by atoms with E-state index in [1.54, 1.807) is 17.1 Å². The van der Waals surface area contributed by atoms with Crippen molar-refractivity contribution in [3.8, 4) is 17.0 Å². The average molecular weight is 619 g/mol. The van der Waals surface area contributed by atoms with Crippen LogP contribution < -0.4 is 15.4 Å². The fourth-order valence-corrected chi connectivity index (χ4v) is 5.84. The van der Waals surface area contributed by atoms with Crippen LogP contribution in [0.3, 0.4) is 0 Å². The number of hydrogen-bond donors (Lipinski definition) is 3. The van der Waals surface area contributed by atoms with Gasteiger partial charge in [0.2, 0.25) is 11.8 Å². The van der Waals surface area contributed by atoms with E-state index in [2.05, 4.69) is 30.6 Å². The lowest BCUT2D eigenvalue weighted by molar-refractivity contribution is -0.132. The summed E-state index contributed by atoms with van der Waals surface area (Å²) in [6, 6.07) is 7.17. The third kappa shape index (κ3) is 6.66. The number of amides is 1. The molecule has 236 valence electrons. The highest BCUT2D eigenvalue weighted by Gasteiger charge is 2.24. The molecule has 3 aliphatic heterocycles. The molecule has 1 fully saturated rings. The van der Waals surface area contributed by atoms with Crippen LogP contribution >= 0.6 is 0 Å². The first-order chi connectivity index (χ1) is 21.9. The number of fused-ring (bicyclic) bond motifs is 3. The minimum Gasteiger partial charge on any atom is -0.483 e. The molecule has 6 heterocycles. The van der Waals surface area contributed by atoms with E-state index in [4.69, 9.17) is 19.4 Å². The van der Waals surface area contributed by atoms with Crippen molar-refractivity contribution < 1.29 is 28.6 Å². The minimum absolute atomic E-state index is 0.0729. The highest BCUT2D eigenvalue weighted by molar-refractivity contribution is 5.90. The molecular weight excluding hydrogens is 583 g/mol. The van der Waals surface area contributed by atoms with E-state index in [-0.39, 0.29) is 24.7 Å². The molecule has 14 heteroatoms. The van der Waals surface area contributed by atoms with Crippen LogP contribution in [-0.2, 0) is 27.3 Å². The van der Waals surface area contributed by atoms with Crippen LogP contribution in [0.4, 0.5) is 21.7 Å². The molecule has 0 unspecified atom stereocenters. The lowest BCUT2D eigenvalue weighted by Crippen LogP contribution is -2.43. The summed E-state index contributed by atoms with van der Waals surface area (Å²) in [5.41, 5.74) is 3.86. The molecule has 0 bridgehead atoms. The zero-order valence-corrected chi connectivity index (χ0v) is 25.0. The number of benzene rings is 1. The zero-order valence-electron chi connectivity index (χ0n) is 25.0. The standard InChI is InChI=1S/C30H33FN8O3.CH2O2/c1-19-24(17-34-30-29(19)32-3-9-42-30)23-12-20-14-26(33-16-21(20)13-25(23)31)35-27-15-22-2-4-38(28(40)18-39(22)36-27)6-5-37-7-10-41-11-8-37;2-1-3/h12-17,32H,2-11,18H2,1H3,(H,33,35,36);1H,(H,2,3). The number of halogens is 1. The molecule has 3 aromatic heterocycles. The average Bonchev–Trinajstić information content (AvgIpc) is 3.35. The lowest BCUT2D eigenvalue weighted by atomic mass is 9.98. The molecule has 4 aromatic rings. The SMILES string of the molecule is Cc1c(-c2cc3cc(Nc4cc5n(n4)CC(=O)N(CCN4CCOCC4)CC5)ncc3cc2F)cnc2c1NCCO2.O=CO. The van der Waals surface area contributed by atoms with Gasteiger partial charge in [-0.15, -0.1) is 0 Å². The van der Waals surface area contributed by atoms with Crippen molar-refractivity contribution in [3.05, 3.63) is 53.7 Å². The van der Waals surface area contributed by atoms with Crippen LogP contribution in [0.15, 0.2) is 36.7 Å². The van der Waals surface area contributed by atoms with Crippen molar-refractivity contribution in [2.75, 3.05) is 69.7 Å². The number of carbonyl (C=O) groups is 2. The molecule has 13 nitrogen and oxygen atoms in total. The smallest absolute Gasteiger partial charge is 0.290 e. The Labute approximate surface area is 259 Å². The summed E-state index contributed by atoms with van der Waals surface area (Å²) >= 11 is 0. The normalized spacial score (nSPS) is 16.4. The van der Waals surface area contributed by atoms with Crippen molar-refractivity contribution in [3.63, 3.8) is 0 Å². The van der Waals surface area contributed by atoms with Gasteiger partial charge in [0.25, 0.3) is 6.47 Å². The Morgan fingerprint density at radius 3 is 2.67 bits per heavy atom. The second kappa shape index (κ2) is 13.4. The van der Waals surface area contributed by atoms with Gasteiger partial charge in [-0.2, -0.15) is 5.10 Å². The first-order valence-corrected chi connectivity index (χ1v) is 14.9. The predicted molar refractivity (Wildman–Crippen MR) is 165 cm³/mol. The maximum absolute atomic E-state index is 15.3. The second-order valence-electron chi connectivity index (χ2n) is 11.0. The van der Waals surface area contributed by atoms with Crippen LogP contribution in [0.25, 0.3) is 21.9 Å². The van der Waals surface area contributed by atoms with Gasteiger partial charge in [0.05, 0.1) is 13.2 Å². The van der Waals surface area contributed by atoms with E-state index < -0.39 is 0 Å². The maximum Gasteiger partial charge on any atom is 0.290 e. The fraction of sp³-hybridized carbons (Fsp3) is 0.387. The van der Waals surface area contributed by atoms with Crippen molar-refractivity contribution in [1.29, 1.82) is 0 Å². The molecule has 3 aliphatic rings. The summed E-state index contributed by atoms with van der Waals surface area (Å²) in [6.45, 7) is 8.69. The van der Waals surface area contributed by atoms with Crippen molar-refractivity contribution in [1.82, 2.24) is 29.5 Å². The first-order valence-electron chi connectivity index (χ1n) is 14.9. The zero-order chi connectivity index (χ0) is 31.3. The van der Waals surface area contributed by atoms with Gasteiger partial charge in [-0.25, -0.2) is 14.4 Å². The van der Waals surface area contributed by atoms with Gasteiger partial charge in [-0.05, 0) is 36.1 Å². The van der Waals surface area contributed by atoms with Gasteiger partial charge in [0.15, 0.2) is 5.82 Å². The van der Waals surface area contributed by atoms with Gasteiger partial charge < -0.3 is 30.1 Å². The number of nitrogens with zero attached hydrogens (tertiary/aromatic N) is 6. The van der Waals surface area contributed by atoms with Crippen LogP contribution in [-0.4, -0.2) is 106 Å². The van der Waals surface area contributed by atoms with E-state index in [9.17, 15) is 4.79 Å². The topological polar surface area (TPSA) is 147 Å². The number of carbonyl (C=O) groups excluding carboxylic acids is 1. The Balaban J connectivity index is 0.00000115. The van der Waals surface area contributed by atoms with Crippen molar-refractivity contribution >= 4 is 40.5 Å². The van der Waals surface area contributed by atoms with Crippen molar-refractivity contribution in [2.24, 2.45) is 0 Å². The number of nitrogens with one attached hydrogen (secondary N) is 2. The molecule has 45 heavy (non-hydrogen) atoms. The first kappa shape index (κ1) is 30.2.